The first kappa shape index (κ1) is 16.9. The van der Waals surface area contributed by atoms with Gasteiger partial charge in [-0.05, 0) is 12.8 Å². The van der Waals surface area contributed by atoms with Gasteiger partial charge in [0, 0.05) is 13.6 Å². The zero-order valence-corrected chi connectivity index (χ0v) is 13.0. The molecule has 0 aromatic rings. The van der Waals surface area contributed by atoms with Crippen molar-refractivity contribution < 1.29 is 30.5 Å². The Morgan fingerprint density at radius 2 is 2.05 bits per heavy atom. The molecule has 22 heavy (non-hydrogen) atoms. The van der Waals surface area contributed by atoms with E-state index in [1.54, 1.807) is 0 Å². The summed E-state index contributed by atoms with van der Waals surface area (Å²) in [5, 5.41) is 0.537. The molecule has 2 aliphatic rings. The van der Waals surface area contributed by atoms with E-state index in [9.17, 15) is 21.6 Å². The Balaban J connectivity index is 2.23. The van der Waals surface area contributed by atoms with E-state index in [2.05, 4.69) is 8.68 Å². The average Bonchev–Trinajstić information content (AvgIpc) is 2.62. The molecule has 126 valence electrons. The SMILES string of the molecule is CNS(=O)(=O)N=C(N)C1CCC2CN1C(=O)N2OS(=O)(=O)O. The molecule has 2 saturated heterocycles. The van der Waals surface area contributed by atoms with Crippen molar-refractivity contribution in [1.29, 1.82) is 0 Å². The number of urea groups is 1. The van der Waals surface area contributed by atoms with Crippen molar-refractivity contribution in [2.24, 2.45) is 10.1 Å². The predicted octanol–water partition coefficient (Wildman–Crippen LogP) is -2.19. The second-order valence-electron chi connectivity index (χ2n) is 4.71. The Hall–Kier alpha value is -1.48. The van der Waals surface area contributed by atoms with Crippen LogP contribution in [0.15, 0.2) is 4.40 Å². The van der Waals surface area contributed by atoms with Crippen molar-refractivity contribution in [3.05, 3.63) is 0 Å². The highest BCUT2D eigenvalue weighted by Gasteiger charge is 2.48. The van der Waals surface area contributed by atoms with E-state index in [1.165, 1.54) is 0 Å². The van der Waals surface area contributed by atoms with Crippen molar-refractivity contribution in [1.82, 2.24) is 14.7 Å². The fourth-order valence-corrected chi connectivity index (χ4v) is 3.26. The number of amidine groups is 1. The Bertz CT molecular complexity index is 702. The largest absolute Gasteiger partial charge is 0.418 e. The van der Waals surface area contributed by atoms with Crippen molar-refractivity contribution >= 4 is 32.5 Å². The molecule has 0 aliphatic carbocycles. The van der Waals surface area contributed by atoms with Crippen LogP contribution in [-0.2, 0) is 24.9 Å². The molecule has 2 heterocycles. The maximum Gasteiger partial charge on any atom is 0.418 e. The van der Waals surface area contributed by atoms with Gasteiger partial charge in [0.05, 0.1) is 12.1 Å². The van der Waals surface area contributed by atoms with E-state index >= 15 is 0 Å². The van der Waals surface area contributed by atoms with Crippen LogP contribution in [-0.4, -0.2) is 68.9 Å². The van der Waals surface area contributed by atoms with Gasteiger partial charge in [0.1, 0.15) is 5.84 Å². The van der Waals surface area contributed by atoms with Crippen LogP contribution in [0.25, 0.3) is 0 Å². The van der Waals surface area contributed by atoms with Gasteiger partial charge in [-0.3, -0.25) is 4.55 Å². The molecular formula is C8H15N5O7S2. The first-order chi connectivity index (χ1) is 10.0. The monoisotopic (exact) mass is 357 g/mol. The minimum Gasteiger partial charge on any atom is -0.385 e. The van der Waals surface area contributed by atoms with Gasteiger partial charge in [-0.15, -0.1) is 8.68 Å². The van der Waals surface area contributed by atoms with Crippen molar-refractivity contribution in [3.63, 3.8) is 0 Å². The molecule has 2 unspecified atom stereocenters. The Kier molecular flexibility index (Phi) is 4.31. The third-order valence-electron chi connectivity index (χ3n) is 3.32. The van der Waals surface area contributed by atoms with Crippen LogP contribution in [0, 0.1) is 0 Å². The molecule has 12 nitrogen and oxygen atoms in total. The van der Waals surface area contributed by atoms with Gasteiger partial charge in [-0.1, -0.05) is 0 Å². The van der Waals surface area contributed by atoms with E-state index in [1.807, 2.05) is 4.72 Å². The lowest BCUT2D eigenvalue weighted by atomic mass is 10.0. The van der Waals surface area contributed by atoms with E-state index in [0.717, 1.165) is 11.9 Å². The zero-order chi connectivity index (χ0) is 16.7. The summed E-state index contributed by atoms with van der Waals surface area (Å²) in [6.45, 7) is 0.0782. The van der Waals surface area contributed by atoms with Crippen molar-refractivity contribution in [2.75, 3.05) is 13.6 Å². The molecule has 0 spiro atoms. The second-order valence-corrected chi connectivity index (χ2v) is 7.25. The summed E-state index contributed by atoms with van der Waals surface area (Å²) in [4.78, 5) is 13.2. The van der Waals surface area contributed by atoms with E-state index in [0.29, 0.717) is 11.5 Å². The zero-order valence-electron chi connectivity index (χ0n) is 11.4. The highest BCUT2D eigenvalue weighted by molar-refractivity contribution is 7.88. The first-order valence-electron chi connectivity index (χ1n) is 6.09. The maximum absolute atomic E-state index is 12.1. The van der Waals surface area contributed by atoms with Crippen LogP contribution in [0.5, 0.6) is 0 Å². The minimum absolute atomic E-state index is 0.0782. The van der Waals surface area contributed by atoms with Crippen LogP contribution >= 0.6 is 0 Å². The number of hydroxylamine groups is 2. The number of nitrogens with two attached hydrogens (primary N) is 1. The lowest BCUT2D eigenvalue weighted by molar-refractivity contribution is -0.0316. The van der Waals surface area contributed by atoms with Crippen LogP contribution in [0.3, 0.4) is 0 Å². The van der Waals surface area contributed by atoms with Gasteiger partial charge in [0.15, 0.2) is 0 Å². The summed E-state index contributed by atoms with van der Waals surface area (Å²) in [5.41, 5.74) is 5.64. The summed E-state index contributed by atoms with van der Waals surface area (Å²) in [7, 11) is -7.63. The number of hydrogen-bond donors (Lipinski definition) is 3. The number of nitrogens with zero attached hydrogens (tertiary/aromatic N) is 3. The predicted molar refractivity (Wildman–Crippen MR) is 73.0 cm³/mol. The number of fused-ring (bicyclic) bond motifs is 2. The fraction of sp³-hybridized carbons (Fsp3) is 0.750. The number of carbonyl (C=O) groups is 1. The summed E-state index contributed by atoms with van der Waals surface area (Å²) in [6, 6.07) is -2.23. The van der Waals surface area contributed by atoms with Crippen molar-refractivity contribution in [3.8, 4) is 0 Å². The van der Waals surface area contributed by atoms with E-state index in [-0.39, 0.29) is 18.8 Å². The summed E-state index contributed by atoms with van der Waals surface area (Å²) in [6.07, 6.45) is 0.578. The number of amides is 2. The number of carbonyl (C=O) groups excluding carboxylic acids is 1. The van der Waals surface area contributed by atoms with Gasteiger partial charge in [0.2, 0.25) is 0 Å². The molecule has 4 N–H and O–H groups in total. The molecule has 0 radical (unpaired) electrons. The lowest BCUT2D eigenvalue weighted by Gasteiger charge is -2.29. The van der Waals surface area contributed by atoms with Crippen molar-refractivity contribution in [2.45, 2.75) is 24.9 Å². The van der Waals surface area contributed by atoms with Gasteiger partial charge < -0.3 is 10.6 Å². The molecule has 2 bridgehead atoms. The van der Waals surface area contributed by atoms with Gasteiger partial charge in [-0.25, -0.2) is 4.79 Å². The third kappa shape index (κ3) is 3.46. The standard InChI is InChI=1S/C8H15N5O7S2/c1-10-21(15,16)11-7(9)6-3-2-5-4-12(6)8(14)13(5)20-22(17,18)19/h5-6,10H,2-4H2,1H3,(H2,9,11)(H,17,18,19). The average molecular weight is 357 g/mol. The van der Waals surface area contributed by atoms with Crippen LogP contribution in [0.1, 0.15) is 12.8 Å². The van der Waals surface area contributed by atoms with E-state index < -0.39 is 38.7 Å². The molecule has 2 amide bonds. The molecular weight excluding hydrogens is 342 g/mol. The minimum atomic E-state index is -4.84. The molecule has 0 aromatic heterocycles. The molecule has 0 saturated carbocycles. The topological polar surface area (TPSA) is 172 Å². The summed E-state index contributed by atoms with van der Waals surface area (Å²) >= 11 is 0. The van der Waals surface area contributed by atoms with Gasteiger partial charge >= 0.3 is 26.6 Å². The number of rotatable bonds is 5. The highest BCUT2D eigenvalue weighted by Crippen LogP contribution is 2.30. The Morgan fingerprint density at radius 1 is 1.41 bits per heavy atom. The van der Waals surface area contributed by atoms with Crippen LogP contribution < -0.4 is 10.5 Å². The van der Waals surface area contributed by atoms with Crippen LogP contribution in [0.4, 0.5) is 4.79 Å². The molecule has 2 aliphatic heterocycles. The molecule has 14 heteroatoms. The maximum atomic E-state index is 12.1. The summed E-state index contributed by atoms with van der Waals surface area (Å²) < 4.78 is 62.4. The highest BCUT2D eigenvalue weighted by atomic mass is 32.3. The normalized spacial score (nSPS) is 26.6. The third-order valence-corrected chi connectivity index (χ3v) is 4.64. The number of nitrogens with one attached hydrogen (secondary N) is 1. The molecule has 2 atom stereocenters. The number of hydrogen-bond acceptors (Lipinski definition) is 6. The molecule has 0 aromatic carbocycles. The van der Waals surface area contributed by atoms with Gasteiger partial charge in [-0.2, -0.15) is 26.6 Å². The van der Waals surface area contributed by atoms with E-state index in [4.69, 9.17) is 10.3 Å². The Morgan fingerprint density at radius 3 is 2.59 bits per heavy atom. The number of piperidine rings is 1. The summed E-state index contributed by atoms with van der Waals surface area (Å²) in [5.74, 6) is -0.296. The van der Waals surface area contributed by atoms with Crippen LogP contribution in [0.2, 0.25) is 0 Å². The lowest BCUT2D eigenvalue weighted by Crippen LogP contribution is -2.48. The molecule has 2 fully saturated rings. The quantitative estimate of drug-likeness (QED) is 0.283. The second kappa shape index (κ2) is 5.62. The Labute approximate surface area is 127 Å². The van der Waals surface area contributed by atoms with Gasteiger partial charge in [0.25, 0.3) is 0 Å². The smallest absolute Gasteiger partial charge is 0.385 e. The molecule has 2 rings (SSSR count). The fourth-order valence-electron chi connectivity index (χ4n) is 2.38. The first-order valence-corrected chi connectivity index (χ1v) is 8.90.